The van der Waals surface area contributed by atoms with Gasteiger partial charge in [0.2, 0.25) is 5.78 Å². The predicted molar refractivity (Wildman–Crippen MR) is 114 cm³/mol. The van der Waals surface area contributed by atoms with Crippen molar-refractivity contribution in [3.8, 4) is 11.5 Å². The van der Waals surface area contributed by atoms with Crippen molar-refractivity contribution in [2.75, 3.05) is 20.2 Å². The molecule has 0 saturated carbocycles. The Hall–Kier alpha value is -2.44. The van der Waals surface area contributed by atoms with E-state index in [1.54, 1.807) is 29.2 Å². The van der Waals surface area contributed by atoms with Gasteiger partial charge in [0, 0.05) is 18.1 Å². The Morgan fingerprint density at radius 1 is 1.10 bits per heavy atom. The molecule has 0 spiro atoms. The van der Waals surface area contributed by atoms with E-state index in [1.807, 2.05) is 18.2 Å². The fourth-order valence-corrected chi connectivity index (χ4v) is 4.75. The molecule has 7 heteroatoms. The summed E-state index contributed by atoms with van der Waals surface area (Å²) in [5.74, 6) is 0.660. The minimum atomic E-state index is -0.381. The van der Waals surface area contributed by atoms with Crippen LogP contribution in [0.15, 0.2) is 46.2 Å². The lowest BCUT2D eigenvalue weighted by Gasteiger charge is -2.26. The van der Waals surface area contributed by atoms with Crippen molar-refractivity contribution < 1.29 is 19.1 Å². The van der Waals surface area contributed by atoms with Crippen LogP contribution >= 0.6 is 23.4 Å². The molecule has 0 aliphatic carbocycles. The average Bonchev–Trinajstić information content (AvgIpc) is 3.07. The molecule has 1 amide bonds. The van der Waals surface area contributed by atoms with Crippen LogP contribution in [0.5, 0.6) is 11.5 Å². The normalized spacial score (nSPS) is 17.4. The van der Waals surface area contributed by atoms with Gasteiger partial charge in [-0.3, -0.25) is 4.79 Å². The maximum atomic E-state index is 13.1. The zero-order valence-corrected chi connectivity index (χ0v) is 17.5. The number of rotatable bonds is 3. The van der Waals surface area contributed by atoms with Gasteiger partial charge in [-0.15, -0.1) is 0 Å². The molecular formula is C22H20ClNO4S. The summed E-state index contributed by atoms with van der Waals surface area (Å²) in [7, 11) is 1.52. The molecule has 1 fully saturated rings. The molecular weight excluding hydrogens is 410 g/mol. The fraction of sp³-hybridized carbons (Fsp3) is 0.273. The monoisotopic (exact) mass is 429 g/mol. The number of ketones is 1. The molecule has 5 nitrogen and oxygen atoms in total. The number of allylic oxidation sites excluding steroid dienone is 1. The van der Waals surface area contributed by atoms with Crippen molar-refractivity contribution >= 4 is 41.3 Å². The number of likely N-dealkylation sites (tertiary alicyclic amines) is 1. The highest BCUT2D eigenvalue weighted by molar-refractivity contribution is 8.05. The van der Waals surface area contributed by atoms with Crippen LogP contribution in [0.3, 0.4) is 0 Å². The topological polar surface area (TPSA) is 55.8 Å². The highest BCUT2D eigenvalue weighted by Crippen LogP contribution is 2.49. The molecule has 0 radical (unpaired) electrons. The first-order valence-corrected chi connectivity index (χ1v) is 10.6. The van der Waals surface area contributed by atoms with E-state index in [1.165, 1.54) is 18.9 Å². The van der Waals surface area contributed by atoms with Gasteiger partial charge < -0.3 is 14.4 Å². The number of hydrogen-bond acceptors (Lipinski definition) is 5. The average molecular weight is 430 g/mol. The van der Waals surface area contributed by atoms with Crippen LogP contribution in [-0.2, 0) is 0 Å². The van der Waals surface area contributed by atoms with Gasteiger partial charge in [0.15, 0.2) is 0 Å². The van der Waals surface area contributed by atoms with E-state index in [9.17, 15) is 9.59 Å². The van der Waals surface area contributed by atoms with Crippen LogP contribution in [0, 0.1) is 0 Å². The minimum Gasteiger partial charge on any atom is -0.496 e. The van der Waals surface area contributed by atoms with E-state index in [0.29, 0.717) is 45.0 Å². The van der Waals surface area contributed by atoms with Crippen LogP contribution < -0.4 is 9.47 Å². The smallest absolute Gasteiger partial charge is 0.415 e. The molecule has 0 unspecified atom stereocenters. The van der Waals surface area contributed by atoms with Crippen LogP contribution in [0.2, 0.25) is 5.02 Å². The second-order valence-electron chi connectivity index (χ2n) is 6.85. The Balaban J connectivity index is 1.66. The van der Waals surface area contributed by atoms with Crippen LogP contribution in [0.25, 0.3) is 6.08 Å². The summed E-state index contributed by atoms with van der Waals surface area (Å²) in [6.45, 7) is 1.39. The Kier molecular flexibility index (Phi) is 5.83. The third-order valence-corrected chi connectivity index (χ3v) is 6.45. The van der Waals surface area contributed by atoms with Crippen molar-refractivity contribution in [2.24, 2.45) is 0 Å². The maximum absolute atomic E-state index is 13.1. The first-order chi connectivity index (χ1) is 14.1. The van der Waals surface area contributed by atoms with Gasteiger partial charge in [0.1, 0.15) is 11.5 Å². The summed E-state index contributed by atoms with van der Waals surface area (Å²) in [4.78, 5) is 28.4. The second-order valence-corrected chi connectivity index (χ2v) is 8.31. The lowest BCUT2D eigenvalue weighted by atomic mass is 10.1. The lowest BCUT2D eigenvalue weighted by molar-refractivity contribution is 0.103. The predicted octanol–water partition coefficient (Wildman–Crippen LogP) is 5.66. The summed E-state index contributed by atoms with van der Waals surface area (Å²) in [5.41, 5.74) is 1.17. The second kappa shape index (κ2) is 8.51. The van der Waals surface area contributed by atoms with Crippen molar-refractivity contribution in [3.63, 3.8) is 0 Å². The van der Waals surface area contributed by atoms with E-state index < -0.39 is 0 Å². The quantitative estimate of drug-likeness (QED) is 0.589. The van der Waals surface area contributed by atoms with Crippen molar-refractivity contribution in [3.05, 3.63) is 57.5 Å². The van der Waals surface area contributed by atoms with Crippen LogP contribution in [0.4, 0.5) is 4.79 Å². The molecule has 0 bridgehead atoms. The number of hydrogen-bond donors (Lipinski definition) is 0. The number of piperidine rings is 1. The molecule has 2 heterocycles. The van der Waals surface area contributed by atoms with E-state index in [4.69, 9.17) is 21.1 Å². The third kappa shape index (κ3) is 4.00. The number of ether oxygens (including phenoxy) is 2. The molecule has 4 rings (SSSR count). The van der Waals surface area contributed by atoms with Crippen molar-refractivity contribution in [1.29, 1.82) is 0 Å². The summed E-state index contributed by atoms with van der Waals surface area (Å²) >= 11 is 7.51. The number of carbonyl (C=O) groups excluding carboxylic acids is 2. The molecule has 150 valence electrons. The van der Waals surface area contributed by atoms with Crippen molar-refractivity contribution in [2.45, 2.75) is 24.2 Å². The lowest BCUT2D eigenvalue weighted by Crippen LogP contribution is -2.37. The first-order valence-electron chi connectivity index (χ1n) is 9.45. The van der Waals surface area contributed by atoms with Crippen molar-refractivity contribution in [1.82, 2.24) is 4.90 Å². The standard InChI is InChI=1S/C22H20ClNO4S/c1-27-16-9-10-17(28-22(26)24-11-5-2-6-12-24)21-19(16)20(25)18(29-21)13-14-7-3-4-8-15(14)23/h3-4,7-10,13H,2,5-6,11-12H2,1H3/b18-13-. The number of Topliss-reactive ketones (excluding diaryl/α,β-unsaturated/α-hetero) is 1. The molecule has 29 heavy (non-hydrogen) atoms. The van der Waals surface area contributed by atoms with E-state index in [2.05, 4.69) is 0 Å². The number of amides is 1. The Labute approximate surface area is 178 Å². The van der Waals surface area contributed by atoms with Gasteiger partial charge in [-0.2, -0.15) is 0 Å². The summed E-state index contributed by atoms with van der Waals surface area (Å²) in [6.07, 6.45) is 4.46. The van der Waals surface area contributed by atoms with Crippen LogP contribution in [-0.4, -0.2) is 37.0 Å². The van der Waals surface area contributed by atoms with Gasteiger partial charge >= 0.3 is 6.09 Å². The number of carbonyl (C=O) groups is 2. The van der Waals surface area contributed by atoms with Crippen LogP contribution in [0.1, 0.15) is 35.2 Å². The number of methoxy groups -OCH3 is 1. The SMILES string of the molecule is COc1ccc(OC(=O)N2CCCCC2)c2c1C(=O)/C(=C/c1ccccc1Cl)S2. The van der Waals surface area contributed by atoms with E-state index >= 15 is 0 Å². The first kappa shape index (κ1) is 19.9. The number of halogens is 1. The molecule has 0 N–H and O–H groups in total. The van der Waals surface area contributed by atoms with Gasteiger partial charge in [0.25, 0.3) is 0 Å². The summed E-state index contributed by atoms with van der Waals surface area (Å²) < 4.78 is 11.1. The Morgan fingerprint density at radius 3 is 2.55 bits per heavy atom. The van der Waals surface area contributed by atoms with Gasteiger partial charge in [-0.1, -0.05) is 41.6 Å². The molecule has 2 aromatic rings. The fourth-order valence-electron chi connectivity index (χ4n) is 3.46. The molecule has 0 atom stereocenters. The highest BCUT2D eigenvalue weighted by atomic mass is 35.5. The molecule has 2 aliphatic rings. The number of thioether (sulfide) groups is 1. The number of fused-ring (bicyclic) bond motifs is 1. The zero-order chi connectivity index (χ0) is 20.4. The van der Waals surface area contributed by atoms with Gasteiger partial charge in [-0.25, -0.2) is 4.79 Å². The third-order valence-electron chi connectivity index (χ3n) is 4.97. The molecule has 2 aromatic carbocycles. The van der Waals surface area contributed by atoms with E-state index in [-0.39, 0.29) is 11.9 Å². The minimum absolute atomic E-state index is 0.169. The zero-order valence-electron chi connectivity index (χ0n) is 15.9. The Morgan fingerprint density at radius 2 is 1.83 bits per heavy atom. The van der Waals surface area contributed by atoms with Gasteiger partial charge in [-0.05, 0) is 49.1 Å². The molecule has 1 saturated heterocycles. The summed E-state index contributed by atoms with van der Waals surface area (Å²) in [5, 5.41) is 0.563. The van der Waals surface area contributed by atoms with Gasteiger partial charge in [0.05, 0.1) is 22.5 Å². The summed E-state index contributed by atoms with van der Waals surface area (Å²) in [6, 6.07) is 10.7. The Bertz CT molecular complexity index is 998. The molecule has 2 aliphatic heterocycles. The number of nitrogens with zero attached hydrogens (tertiary/aromatic N) is 1. The highest BCUT2D eigenvalue weighted by Gasteiger charge is 2.34. The molecule has 0 aromatic heterocycles. The number of benzene rings is 2. The largest absolute Gasteiger partial charge is 0.496 e. The maximum Gasteiger partial charge on any atom is 0.415 e. The van der Waals surface area contributed by atoms with E-state index in [0.717, 1.165) is 24.8 Å².